The zero-order chi connectivity index (χ0) is 14.5. The van der Waals surface area contributed by atoms with Gasteiger partial charge in [-0.15, -0.1) is 0 Å². The number of rotatable bonds is 4. The summed E-state index contributed by atoms with van der Waals surface area (Å²) in [5.41, 5.74) is 0.644. The zero-order valence-corrected chi connectivity index (χ0v) is 12.1. The van der Waals surface area contributed by atoms with Crippen LogP contribution in [-0.2, 0) is 17.9 Å². The largest absolute Gasteiger partial charge is 0.508 e. The number of carbonyl (C=O) groups excluding carboxylic acids is 1. The van der Waals surface area contributed by atoms with Crippen LogP contribution in [-0.4, -0.2) is 15.6 Å². The fourth-order valence-electron chi connectivity index (χ4n) is 1.65. The smallest absolute Gasteiger partial charge is 0.251 e. The van der Waals surface area contributed by atoms with Gasteiger partial charge in [-0.3, -0.25) is 9.59 Å². The van der Waals surface area contributed by atoms with Crippen LogP contribution in [0, 0.1) is 0 Å². The number of hydrogen-bond acceptors (Lipinski definition) is 3. The maximum Gasteiger partial charge on any atom is 0.251 e. The Kier molecular flexibility index (Phi) is 4.57. The Morgan fingerprint density at radius 3 is 2.60 bits per heavy atom. The van der Waals surface area contributed by atoms with Crippen LogP contribution in [0.1, 0.15) is 5.56 Å². The summed E-state index contributed by atoms with van der Waals surface area (Å²) in [5, 5.41) is 11.9. The molecular weight excluding hydrogens is 324 g/mol. The number of amides is 1. The summed E-state index contributed by atoms with van der Waals surface area (Å²) in [4.78, 5) is 23.3. The summed E-state index contributed by atoms with van der Waals surface area (Å²) in [5.74, 6) is -0.0703. The Balaban J connectivity index is 1.94. The molecule has 1 amide bonds. The van der Waals surface area contributed by atoms with Gasteiger partial charge in [-0.1, -0.05) is 12.1 Å². The molecule has 0 atom stereocenters. The van der Waals surface area contributed by atoms with Gasteiger partial charge in [0.2, 0.25) is 5.91 Å². The van der Waals surface area contributed by atoms with Crippen LogP contribution in [0.4, 0.5) is 0 Å². The molecule has 5 nitrogen and oxygen atoms in total. The first-order chi connectivity index (χ1) is 9.54. The first-order valence-corrected chi connectivity index (χ1v) is 6.74. The van der Waals surface area contributed by atoms with Crippen LogP contribution in [0.3, 0.4) is 0 Å². The van der Waals surface area contributed by atoms with Gasteiger partial charge in [-0.05, 0) is 39.7 Å². The number of halogens is 1. The third-order valence-corrected chi connectivity index (χ3v) is 3.16. The number of benzene rings is 1. The molecule has 0 fully saturated rings. The summed E-state index contributed by atoms with van der Waals surface area (Å²) in [7, 11) is 0. The predicted molar refractivity (Wildman–Crippen MR) is 78.4 cm³/mol. The Morgan fingerprint density at radius 1 is 1.20 bits per heavy atom. The third kappa shape index (κ3) is 3.96. The average molecular weight is 337 g/mol. The molecule has 1 heterocycles. The van der Waals surface area contributed by atoms with Gasteiger partial charge >= 0.3 is 0 Å². The molecule has 0 aliphatic carbocycles. The fourth-order valence-corrected chi connectivity index (χ4v) is 2.03. The summed E-state index contributed by atoms with van der Waals surface area (Å²) in [6, 6.07) is 9.59. The molecule has 2 rings (SSSR count). The zero-order valence-electron chi connectivity index (χ0n) is 10.5. The molecule has 0 aliphatic rings. The second kappa shape index (κ2) is 6.38. The van der Waals surface area contributed by atoms with Crippen LogP contribution < -0.4 is 10.9 Å². The van der Waals surface area contributed by atoms with E-state index < -0.39 is 0 Å². The summed E-state index contributed by atoms with van der Waals surface area (Å²) in [6.45, 7) is 0.318. The van der Waals surface area contributed by atoms with E-state index in [4.69, 9.17) is 5.11 Å². The van der Waals surface area contributed by atoms with Gasteiger partial charge in [0, 0.05) is 23.3 Å². The predicted octanol–water partition coefficient (Wildman–Crippen LogP) is 1.63. The number of pyridine rings is 1. The number of phenolic OH excluding ortho intramolecular Hbond substituents is 1. The van der Waals surface area contributed by atoms with E-state index in [2.05, 4.69) is 21.2 Å². The lowest BCUT2D eigenvalue weighted by Gasteiger charge is -2.08. The molecule has 0 spiro atoms. The van der Waals surface area contributed by atoms with E-state index in [1.54, 1.807) is 36.5 Å². The van der Waals surface area contributed by atoms with Gasteiger partial charge in [0.05, 0.1) is 0 Å². The van der Waals surface area contributed by atoms with Crippen LogP contribution in [0.5, 0.6) is 5.75 Å². The molecule has 20 heavy (non-hydrogen) atoms. The first kappa shape index (κ1) is 14.3. The molecule has 6 heteroatoms. The number of aromatic hydroxyl groups is 1. The van der Waals surface area contributed by atoms with E-state index in [1.165, 1.54) is 10.6 Å². The van der Waals surface area contributed by atoms with Crippen LogP contribution >= 0.6 is 15.9 Å². The van der Waals surface area contributed by atoms with Crippen LogP contribution in [0.2, 0.25) is 0 Å². The molecule has 1 aromatic heterocycles. The maximum absolute atomic E-state index is 11.8. The van der Waals surface area contributed by atoms with E-state index in [9.17, 15) is 9.59 Å². The van der Waals surface area contributed by atoms with E-state index in [-0.39, 0.29) is 23.8 Å². The van der Waals surface area contributed by atoms with Crippen LogP contribution in [0.25, 0.3) is 0 Å². The van der Waals surface area contributed by atoms with Crippen molar-refractivity contribution in [2.24, 2.45) is 0 Å². The van der Waals surface area contributed by atoms with Crippen molar-refractivity contribution < 1.29 is 9.90 Å². The number of carbonyl (C=O) groups is 1. The van der Waals surface area contributed by atoms with E-state index in [0.29, 0.717) is 6.54 Å². The van der Waals surface area contributed by atoms with Crippen LogP contribution in [0.15, 0.2) is 51.9 Å². The van der Waals surface area contributed by atoms with Crippen molar-refractivity contribution in [1.82, 2.24) is 9.88 Å². The number of hydrogen-bond donors (Lipinski definition) is 2. The van der Waals surface area contributed by atoms with Gasteiger partial charge in [0.25, 0.3) is 5.56 Å². The standard InChI is InChI=1S/C14H13BrN2O3/c15-11-3-6-14(20)17(8-11)9-13(19)16-7-10-1-4-12(18)5-2-10/h1-6,8,18H,7,9H2,(H,16,19). The average Bonchev–Trinajstić information content (AvgIpc) is 2.42. The fraction of sp³-hybridized carbons (Fsp3) is 0.143. The number of aromatic nitrogens is 1. The molecule has 1 aromatic carbocycles. The van der Waals surface area contributed by atoms with Gasteiger partial charge in [0.15, 0.2) is 0 Å². The van der Waals surface area contributed by atoms with Gasteiger partial charge in [0.1, 0.15) is 12.3 Å². The Labute approximate surface area is 124 Å². The van der Waals surface area contributed by atoms with Crippen molar-refractivity contribution in [2.45, 2.75) is 13.1 Å². The van der Waals surface area contributed by atoms with E-state index in [0.717, 1.165) is 10.0 Å². The molecule has 0 radical (unpaired) electrons. The minimum atomic E-state index is -0.252. The first-order valence-electron chi connectivity index (χ1n) is 5.95. The number of nitrogens with one attached hydrogen (secondary N) is 1. The molecule has 104 valence electrons. The molecule has 0 saturated carbocycles. The van der Waals surface area contributed by atoms with Gasteiger partial charge < -0.3 is 15.0 Å². The lowest BCUT2D eigenvalue weighted by atomic mass is 10.2. The Morgan fingerprint density at radius 2 is 1.90 bits per heavy atom. The quantitative estimate of drug-likeness (QED) is 0.891. The molecule has 2 N–H and O–H groups in total. The topological polar surface area (TPSA) is 71.3 Å². The van der Waals surface area contributed by atoms with Crippen molar-refractivity contribution in [3.63, 3.8) is 0 Å². The third-order valence-electron chi connectivity index (χ3n) is 2.69. The minimum Gasteiger partial charge on any atom is -0.508 e. The lowest BCUT2D eigenvalue weighted by molar-refractivity contribution is -0.121. The summed E-state index contributed by atoms with van der Waals surface area (Å²) in [6.07, 6.45) is 1.57. The normalized spacial score (nSPS) is 10.2. The van der Waals surface area contributed by atoms with E-state index >= 15 is 0 Å². The molecule has 0 saturated heterocycles. The Hall–Kier alpha value is -2.08. The maximum atomic E-state index is 11.8. The highest BCUT2D eigenvalue weighted by molar-refractivity contribution is 9.10. The monoisotopic (exact) mass is 336 g/mol. The van der Waals surface area contributed by atoms with Crippen molar-refractivity contribution in [3.8, 4) is 5.75 Å². The van der Waals surface area contributed by atoms with Crippen molar-refractivity contribution >= 4 is 21.8 Å². The molecule has 0 unspecified atom stereocenters. The van der Waals surface area contributed by atoms with Crippen molar-refractivity contribution in [3.05, 3.63) is 63.0 Å². The number of phenols is 1. The Bertz CT molecular complexity index is 665. The van der Waals surface area contributed by atoms with Crippen molar-refractivity contribution in [1.29, 1.82) is 0 Å². The summed E-state index contributed by atoms with van der Waals surface area (Å²) >= 11 is 3.25. The highest BCUT2D eigenvalue weighted by Crippen LogP contribution is 2.09. The summed E-state index contributed by atoms with van der Waals surface area (Å²) < 4.78 is 2.07. The minimum absolute atomic E-state index is 0.0314. The molecular formula is C14H13BrN2O3. The van der Waals surface area contributed by atoms with Crippen molar-refractivity contribution in [2.75, 3.05) is 0 Å². The SMILES string of the molecule is O=C(Cn1cc(Br)ccc1=O)NCc1ccc(O)cc1. The van der Waals surface area contributed by atoms with E-state index in [1.807, 2.05) is 0 Å². The van der Waals surface area contributed by atoms with Gasteiger partial charge in [-0.2, -0.15) is 0 Å². The highest BCUT2D eigenvalue weighted by Gasteiger charge is 2.05. The molecule has 0 aliphatic heterocycles. The number of nitrogens with zero attached hydrogens (tertiary/aromatic N) is 1. The second-order valence-corrected chi connectivity index (χ2v) is 5.17. The van der Waals surface area contributed by atoms with Gasteiger partial charge in [-0.25, -0.2) is 0 Å². The molecule has 0 bridgehead atoms. The molecule has 2 aromatic rings. The lowest BCUT2D eigenvalue weighted by Crippen LogP contribution is -2.31. The highest BCUT2D eigenvalue weighted by atomic mass is 79.9. The second-order valence-electron chi connectivity index (χ2n) is 4.26.